The Hall–Kier alpha value is 0.501. The van der Waals surface area contributed by atoms with E-state index in [0.29, 0.717) is 3.34 Å². The van der Waals surface area contributed by atoms with Crippen LogP contribution in [0.5, 0.6) is 0 Å². The van der Waals surface area contributed by atoms with Crippen molar-refractivity contribution in [3.8, 4) is 0 Å². The Morgan fingerprint density at radius 3 is 1.62 bits per heavy atom. The van der Waals surface area contributed by atoms with Crippen molar-refractivity contribution in [3.63, 3.8) is 0 Å². The van der Waals surface area contributed by atoms with E-state index in [2.05, 4.69) is 78.5 Å². The maximum Gasteiger partial charge on any atom is -1.00 e. The summed E-state index contributed by atoms with van der Waals surface area (Å²) in [6.07, 6.45) is 2.85. The molecule has 24 heavy (non-hydrogen) atoms. The van der Waals surface area contributed by atoms with Gasteiger partial charge >= 0.3 is 142 Å². The van der Waals surface area contributed by atoms with E-state index in [1.807, 2.05) is 0 Å². The minimum Gasteiger partial charge on any atom is -1.00 e. The van der Waals surface area contributed by atoms with Crippen molar-refractivity contribution in [2.24, 2.45) is 0 Å². The number of hydrogen-bond acceptors (Lipinski definition) is 0. The minimum atomic E-state index is -1.53. The minimum absolute atomic E-state index is 0. The molecule has 0 unspecified atom stereocenters. The molecule has 130 valence electrons. The predicted molar refractivity (Wildman–Crippen MR) is 90.1 cm³/mol. The molecule has 1 saturated heterocycles. The zero-order chi connectivity index (χ0) is 15.3. The van der Waals surface area contributed by atoms with Crippen molar-refractivity contribution >= 4 is 13.3 Å². The van der Waals surface area contributed by atoms with Crippen molar-refractivity contribution in [1.82, 2.24) is 0 Å². The van der Waals surface area contributed by atoms with Crippen LogP contribution in [0.4, 0.5) is 0 Å². The number of rotatable bonds is 2. The molecular formula is C19H25Cl3SiTi. The molecule has 3 rings (SSSR count). The average Bonchev–Trinajstić information content (AvgIpc) is 3.07. The summed E-state index contributed by atoms with van der Waals surface area (Å²) in [5, 5.41) is 1.69. The van der Waals surface area contributed by atoms with Crippen LogP contribution >= 0.6 is 0 Å². The van der Waals surface area contributed by atoms with Gasteiger partial charge in [0.25, 0.3) is 0 Å². The molecule has 0 N–H and O–H groups in total. The molecule has 0 bridgehead atoms. The third-order valence-corrected chi connectivity index (χ3v) is 15.8. The fourth-order valence-electron chi connectivity index (χ4n) is 4.74. The molecule has 1 heterocycles. The SMILES string of the molecule is CC1=C(C)[C]([Ti+3])([Si]2(c3ccccc3)CCCC2)C(C)=C1C.[Cl-].[Cl-].[Cl-]. The van der Waals surface area contributed by atoms with Crippen LogP contribution < -0.4 is 42.4 Å². The number of hydrogen-bond donors (Lipinski definition) is 0. The van der Waals surface area contributed by atoms with E-state index in [1.165, 1.54) is 24.9 Å². The number of allylic oxidation sites excluding steroid dienone is 4. The Morgan fingerprint density at radius 2 is 1.21 bits per heavy atom. The zero-order valence-corrected chi connectivity index (χ0v) is 19.7. The van der Waals surface area contributed by atoms with Gasteiger partial charge in [0.15, 0.2) is 0 Å². The Kier molecular flexibility index (Phi) is 9.12. The Bertz CT molecular complexity index is 607. The van der Waals surface area contributed by atoms with Crippen LogP contribution in [0.2, 0.25) is 15.4 Å². The van der Waals surface area contributed by atoms with Crippen LogP contribution in [0.25, 0.3) is 0 Å². The standard InChI is InChI=1S/C19H25Si.3ClH.Ti/c1-14-15(2)17(4)19(16(14)3)20(12-8-9-13-20)18-10-6-5-7-11-18;;;;/h5-7,10-11H,8-9,12-13H2,1-4H3;3*1H;/q;;;;+3/p-3. The number of benzene rings is 1. The van der Waals surface area contributed by atoms with Crippen LogP contribution in [-0.2, 0) is 20.4 Å². The van der Waals surface area contributed by atoms with Crippen molar-refractivity contribution in [1.29, 1.82) is 0 Å². The summed E-state index contributed by atoms with van der Waals surface area (Å²) in [5.41, 5.74) is 6.44. The van der Waals surface area contributed by atoms with Gasteiger partial charge in [0.1, 0.15) is 0 Å². The molecule has 0 saturated carbocycles. The van der Waals surface area contributed by atoms with E-state index in [9.17, 15) is 0 Å². The van der Waals surface area contributed by atoms with E-state index in [0.717, 1.165) is 0 Å². The first kappa shape index (κ1) is 24.5. The van der Waals surface area contributed by atoms with Crippen LogP contribution in [-0.4, -0.2) is 8.07 Å². The molecule has 0 amide bonds. The number of halogens is 3. The second-order valence-electron chi connectivity index (χ2n) is 6.91. The topological polar surface area (TPSA) is 0 Å². The monoisotopic (exact) mass is 434 g/mol. The molecule has 5 heteroatoms. The van der Waals surface area contributed by atoms with Gasteiger partial charge in [0, 0.05) is 0 Å². The van der Waals surface area contributed by atoms with Gasteiger partial charge in [-0.15, -0.1) is 0 Å². The average molecular weight is 436 g/mol. The second-order valence-corrected chi connectivity index (χ2v) is 13.3. The molecule has 0 nitrogen and oxygen atoms in total. The van der Waals surface area contributed by atoms with Gasteiger partial charge in [-0.2, -0.15) is 0 Å². The molecule has 0 radical (unpaired) electrons. The van der Waals surface area contributed by atoms with Crippen molar-refractivity contribution in [2.75, 3.05) is 0 Å². The van der Waals surface area contributed by atoms with Crippen LogP contribution in [0, 0.1) is 0 Å². The molecule has 1 aromatic carbocycles. The molecule has 1 aliphatic carbocycles. The van der Waals surface area contributed by atoms with Gasteiger partial charge in [-0.25, -0.2) is 0 Å². The summed E-state index contributed by atoms with van der Waals surface area (Å²) in [6, 6.07) is 14.4. The van der Waals surface area contributed by atoms with E-state index < -0.39 is 8.07 Å². The van der Waals surface area contributed by atoms with Crippen LogP contribution in [0.3, 0.4) is 0 Å². The molecule has 1 aliphatic heterocycles. The van der Waals surface area contributed by atoms with Crippen molar-refractivity contribution in [2.45, 2.75) is 56.0 Å². The maximum absolute atomic E-state index is 2.57. The van der Waals surface area contributed by atoms with Gasteiger partial charge in [-0.05, 0) is 0 Å². The molecule has 2 aliphatic rings. The van der Waals surface area contributed by atoms with E-state index in [4.69, 9.17) is 0 Å². The van der Waals surface area contributed by atoms with Gasteiger partial charge in [-0.3, -0.25) is 0 Å². The predicted octanol–water partition coefficient (Wildman–Crippen LogP) is -3.92. The van der Waals surface area contributed by atoms with Crippen LogP contribution in [0.15, 0.2) is 52.6 Å². The summed E-state index contributed by atoms with van der Waals surface area (Å²) in [5.74, 6) is 0. The summed E-state index contributed by atoms with van der Waals surface area (Å²) in [4.78, 5) is 0. The molecular weight excluding hydrogens is 411 g/mol. The van der Waals surface area contributed by atoms with Gasteiger partial charge in [0.2, 0.25) is 0 Å². The molecule has 0 aromatic heterocycles. The van der Waals surface area contributed by atoms with Crippen molar-refractivity contribution < 1.29 is 57.7 Å². The summed E-state index contributed by atoms with van der Waals surface area (Å²) in [6.45, 7) is 9.49. The maximum atomic E-state index is 2.57. The first-order chi connectivity index (χ1) is 9.95. The normalized spacial score (nSPS) is 21.1. The summed E-state index contributed by atoms with van der Waals surface area (Å²) < 4.78 is 0.332. The molecule has 0 atom stereocenters. The fraction of sp³-hybridized carbons (Fsp3) is 0.474. The van der Waals surface area contributed by atoms with Gasteiger partial charge in [0.05, 0.1) is 0 Å². The third-order valence-electron chi connectivity index (χ3n) is 6.31. The molecule has 1 fully saturated rings. The van der Waals surface area contributed by atoms with Crippen LogP contribution in [0.1, 0.15) is 40.5 Å². The smallest absolute Gasteiger partial charge is 1.00 e. The Morgan fingerprint density at radius 1 is 0.792 bits per heavy atom. The van der Waals surface area contributed by atoms with E-state index in [1.54, 1.807) is 27.5 Å². The zero-order valence-electron chi connectivity index (χ0n) is 14.8. The fourth-order valence-corrected chi connectivity index (χ4v) is 13.5. The summed E-state index contributed by atoms with van der Waals surface area (Å²) in [7, 11) is -1.53. The second kappa shape index (κ2) is 8.93. The summed E-state index contributed by atoms with van der Waals surface area (Å²) >= 11 is 2.57. The quantitative estimate of drug-likeness (QED) is 0.417. The van der Waals surface area contributed by atoms with E-state index >= 15 is 0 Å². The molecule has 0 spiro atoms. The third kappa shape index (κ3) is 3.26. The first-order valence-corrected chi connectivity index (χ1v) is 11.3. The first-order valence-electron chi connectivity index (χ1n) is 8.12. The van der Waals surface area contributed by atoms with E-state index in [-0.39, 0.29) is 37.2 Å². The van der Waals surface area contributed by atoms with Crippen molar-refractivity contribution in [3.05, 3.63) is 52.6 Å². The Balaban J connectivity index is 0.00000176. The van der Waals surface area contributed by atoms with Gasteiger partial charge in [-0.1, -0.05) is 0 Å². The Labute approximate surface area is 178 Å². The molecule has 1 aromatic rings. The van der Waals surface area contributed by atoms with Gasteiger partial charge < -0.3 is 37.2 Å². The largest absolute Gasteiger partial charge is 1.00 e.